The smallest absolute Gasteiger partial charge is 0.340 e. The van der Waals surface area contributed by atoms with Crippen molar-refractivity contribution < 1.29 is 19.0 Å². The van der Waals surface area contributed by atoms with Crippen LogP contribution in [0.25, 0.3) is 16.4 Å². The summed E-state index contributed by atoms with van der Waals surface area (Å²) in [7, 11) is 0. The van der Waals surface area contributed by atoms with E-state index in [-0.39, 0.29) is 18.2 Å². The lowest BCUT2D eigenvalue weighted by Crippen LogP contribution is -2.46. The predicted molar refractivity (Wildman–Crippen MR) is 104 cm³/mol. The van der Waals surface area contributed by atoms with Crippen molar-refractivity contribution in [3.8, 4) is 5.75 Å². The maximum absolute atomic E-state index is 12.5. The monoisotopic (exact) mass is 368 g/mol. The second kappa shape index (κ2) is 7.58. The van der Waals surface area contributed by atoms with Crippen LogP contribution in [0.5, 0.6) is 5.75 Å². The van der Waals surface area contributed by atoms with E-state index in [1.807, 2.05) is 60.8 Å². The fourth-order valence-electron chi connectivity index (χ4n) is 3.59. The van der Waals surface area contributed by atoms with Gasteiger partial charge < -0.3 is 23.9 Å². The zero-order chi connectivity index (χ0) is 18.8. The highest BCUT2D eigenvalue weighted by molar-refractivity contribution is 6.11. The van der Waals surface area contributed by atoms with E-state index in [1.165, 1.54) is 0 Å². The van der Waals surface area contributed by atoms with Crippen molar-refractivity contribution in [1.82, 2.24) is 9.72 Å². The van der Waals surface area contributed by atoms with Crippen molar-refractivity contribution in [1.29, 1.82) is 0 Å². The van der Waals surface area contributed by atoms with Gasteiger partial charge in [-0.15, -0.1) is 0 Å². The van der Waals surface area contributed by atoms with Gasteiger partial charge in [-0.1, -0.05) is 6.07 Å². The molecule has 6 nitrogen and oxygen atoms in total. The molecule has 6 heteroatoms. The number of rotatable bonds is 5. The number of morpholine rings is 1. The van der Waals surface area contributed by atoms with Crippen LogP contribution < -0.4 is 10.1 Å². The minimum atomic E-state index is -0.306. The molecule has 0 aliphatic carbocycles. The zero-order valence-electron chi connectivity index (χ0n) is 15.6. The number of carbonyl (C=O) groups is 1. The molecule has 1 aliphatic rings. The Morgan fingerprint density at radius 2 is 2.22 bits per heavy atom. The molecule has 3 heterocycles. The van der Waals surface area contributed by atoms with Crippen LogP contribution in [0.15, 0.2) is 42.6 Å². The van der Waals surface area contributed by atoms with Crippen molar-refractivity contribution in [3.05, 3.63) is 48.2 Å². The average Bonchev–Trinajstić information content (AvgIpc) is 3.03. The first kappa shape index (κ1) is 17.8. The van der Waals surface area contributed by atoms with E-state index in [2.05, 4.69) is 5.32 Å². The van der Waals surface area contributed by atoms with Crippen LogP contribution in [-0.4, -0.2) is 48.9 Å². The standard InChI is InChI=1S/C21H24N2O4/c1-3-25-21(24)20-16-8-7-15(27-14(2)19-13-22-9-11-26-19)12-18(16)23-10-5-4-6-17(20)23/h4-8,10,12,14,19,22H,3,9,11,13H2,1-2H3. The zero-order valence-corrected chi connectivity index (χ0v) is 15.6. The van der Waals surface area contributed by atoms with Gasteiger partial charge in [-0.05, 0) is 38.1 Å². The molecule has 2 unspecified atom stereocenters. The van der Waals surface area contributed by atoms with E-state index in [0.717, 1.165) is 35.3 Å². The van der Waals surface area contributed by atoms with E-state index in [4.69, 9.17) is 14.2 Å². The normalized spacial score (nSPS) is 18.5. The largest absolute Gasteiger partial charge is 0.488 e. The first-order valence-corrected chi connectivity index (χ1v) is 9.38. The van der Waals surface area contributed by atoms with E-state index in [0.29, 0.717) is 18.8 Å². The number of carbonyl (C=O) groups excluding carboxylic acids is 1. The lowest BCUT2D eigenvalue weighted by Gasteiger charge is -2.29. The van der Waals surface area contributed by atoms with Crippen LogP contribution in [-0.2, 0) is 9.47 Å². The Morgan fingerprint density at radius 3 is 3.00 bits per heavy atom. The van der Waals surface area contributed by atoms with Crippen molar-refractivity contribution in [2.75, 3.05) is 26.3 Å². The third-order valence-electron chi connectivity index (χ3n) is 4.90. The van der Waals surface area contributed by atoms with Gasteiger partial charge in [-0.2, -0.15) is 0 Å². The van der Waals surface area contributed by atoms with E-state index in [1.54, 1.807) is 0 Å². The van der Waals surface area contributed by atoms with Gasteiger partial charge in [-0.3, -0.25) is 0 Å². The number of fused-ring (bicyclic) bond motifs is 3. The summed E-state index contributed by atoms with van der Waals surface area (Å²) in [6, 6.07) is 11.6. The molecule has 2 aromatic heterocycles. The number of hydrogen-bond donors (Lipinski definition) is 1. The SMILES string of the molecule is CCOC(=O)c1c2ccc(OC(C)C3CNCCO3)cc2n2ccccc12. The first-order chi connectivity index (χ1) is 13.2. The summed E-state index contributed by atoms with van der Waals surface area (Å²) in [5.41, 5.74) is 2.34. The lowest BCUT2D eigenvalue weighted by molar-refractivity contribution is -0.0349. The molecule has 142 valence electrons. The quantitative estimate of drug-likeness (QED) is 0.702. The van der Waals surface area contributed by atoms with E-state index in [9.17, 15) is 4.79 Å². The summed E-state index contributed by atoms with van der Waals surface area (Å²) in [5, 5.41) is 4.18. The van der Waals surface area contributed by atoms with Crippen LogP contribution >= 0.6 is 0 Å². The highest BCUT2D eigenvalue weighted by atomic mass is 16.5. The van der Waals surface area contributed by atoms with Crippen LogP contribution in [0, 0.1) is 0 Å². The second-order valence-corrected chi connectivity index (χ2v) is 6.67. The number of pyridine rings is 1. The van der Waals surface area contributed by atoms with Crippen molar-refractivity contribution in [2.45, 2.75) is 26.1 Å². The Kier molecular flexibility index (Phi) is 5.01. The molecule has 0 bridgehead atoms. The lowest BCUT2D eigenvalue weighted by atomic mass is 10.1. The summed E-state index contributed by atoms with van der Waals surface area (Å²) in [5.74, 6) is 0.447. The Hall–Kier alpha value is -2.57. The third kappa shape index (κ3) is 3.38. The number of benzene rings is 1. The fourth-order valence-corrected chi connectivity index (χ4v) is 3.59. The number of nitrogens with one attached hydrogen (secondary N) is 1. The molecule has 1 N–H and O–H groups in total. The molecule has 0 saturated carbocycles. The van der Waals surface area contributed by atoms with Crippen molar-refractivity contribution >= 4 is 22.4 Å². The summed E-state index contributed by atoms with van der Waals surface area (Å²) >= 11 is 0. The Morgan fingerprint density at radius 1 is 1.33 bits per heavy atom. The Bertz CT molecular complexity index is 959. The summed E-state index contributed by atoms with van der Waals surface area (Å²) in [4.78, 5) is 12.5. The van der Waals surface area contributed by atoms with Gasteiger partial charge >= 0.3 is 5.97 Å². The number of ether oxygens (including phenoxy) is 3. The highest BCUT2D eigenvalue weighted by Crippen LogP contribution is 2.31. The van der Waals surface area contributed by atoms with Gasteiger partial charge in [0.1, 0.15) is 18.0 Å². The molecular weight excluding hydrogens is 344 g/mol. The predicted octanol–water partition coefficient (Wildman–Crippen LogP) is 3.02. The maximum Gasteiger partial charge on any atom is 0.340 e. The molecule has 4 rings (SSSR count). The molecule has 1 saturated heterocycles. The third-order valence-corrected chi connectivity index (χ3v) is 4.90. The van der Waals surface area contributed by atoms with Gasteiger partial charge in [0.2, 0.25) is 0 Å². The molecular formula is C21H24N2O4. The maximum atomic E-state index is 12.5. The van der Waals surface area contributed by atoms with Gasteiger partial charge in [0, 0.05) is 30.7 Å². The number of nitrogens with zero attached hydrogens (tertiary/aromatic N) is 1. The second-order valence-electron chi connectivity index (χ2n) is 6.67. The van der Waals surface area contributed by atoms with Crippen molar-refractivity contribution in [2.24, 2.45) is 0 Å². The molecule has 0 radical (unpaired) electrons. The van der Waals surface area contributed by atoms with Gasteiger partial charge in [0.05, 0.1) is 29.8 Å². The van der Waals surface area contributed by atoms with Gasteiger partial charge in [0.25, 0.3) is 0 Å². The number of esters is 1. The van der Waals surface area contributed by atoms with Crippen LogP contribution in [0.4, 0.5) is 0 Å². The fraction of sp³-hybridized carbons (Fsp3) is 0.381. The van der Waals surface area contributed by atoms with Gasteiger partial charge in [-0.25, -0.2) is 4.79 Å². The summed E-state index contributed by atoms with van der Waals surface area (Å²) in [6.45, 7) is 6.53. The Labute approximate surface area is 158 Å². The van der Waals surface area contributed by atoms with E-state index < -0.39 is 0 Å². The summed E-state index contributed by atoms with van der Waals surface area (Å²) in [6.07, 6.45) is 1.89. The van der Waals surface area contributed by atoms with Gasteiger partial charge in [0.15, 0.2) is 0 Å². The molecule has 2 atom stereocenters. The molecule has 1 aliphatic heterocycles. The highest BCUT2D eigenvalue weighted by Gasteiger charge is 2.23. The minimum Gasteiger partial charge on any atom is -0.488 e. The van der Waals surface area contributed by atoms with Crippen LogP contribution in [0.3, 0.4) is 0 Å². The Balaban J connectivity index is 1.71. The topological polar surface area (TPSA) is 61.2 Å². The molecule has 3 aromatic rings. The molecule has 1 fully saturated rings. The van der Waals surface area contributed by atoms with Crippen LogP contribution in [0.2, 0.25) is 0 Å². The average molecular weight is 368 g/mol. The number of aromatic nitrogens is 1. The number of hydrogen-bond acceptors (Lipinski definition) is 5. The summed E-state index contributed by atoms with van der Waals surface area (Å²) < 4.78 is 19.2. The molecule has 27 heavy (non-hydrogen) atoms. The molecule has 0 spiro atoms. The van der Waals surface area contributed by atoms with Crippen molar-refractivity contribution in [3.63, 3.8) is 0 Å². The van der Waals surface area contributed by atoms with E-state index >= 15 is 0 Å². The first-order valence-electron chi connectivity index (χ1n) is 9.38. The van der Waals surface area contributed by atoms with Crippen LogP contribution in [0.1, 0.15) is 24.2 Å². The molecule has 0 amide bonds. The minimum absolute atomic E-state index is 0.0219. The molecule has 1 aromatic carbocycles.